The number of amides is 2. The van der Waals surface area contributed by atoms with E-state index in [9.17, 15) is 9.59 Å². The zero-order valence-corrected chi connectivity index (χ0v) is 16.6. The fourth-order valence-electron chi connectivity index (χ4n) is 2.65. The van der Waals surface area contributed by atoms with Gasteiger partial charge in [-0.3, -0.25) is 9.59 Å². The third-order valence-electron chi connectivity index (χ3n) is 4.26. The number of hydrogen-bond acceptors (Lipinski definition) is 4. The smallest absolute Gasteiger partial charge is 0.255 e. The van der Waals surface area contributed by atoms with E-state index in [4.69, 9.17) is 9.47 Å². The first-order valence-electron chi connectivity index (χ1n) is 9.30. The molecule has 0 radical (unpaired) electrons. The quantitative estimate of drug-likeness (QED) is 0.542. The first-order valence-corrected chi connectivity index (χ1v) is 9.30. The molecule has 0 aromatic heterocycles. The summed E-state index contributed by atoms with van der Waals surface area (Å²) in [7, 11) is 1.60. The topological polar surface area (TPSA) is 76.7 Å². The van der Waals surface area contributed by atoms with Crippen LogP contribution < -0.4 is 20.1 Å². The number of ether oxygens (including phenoxy) is 2. The van der Waals surface area contributed by atoms with Crippen molar-refractivity contribution in [2.75, 3.05) is 12.4 Å². The van der Waals surface area contributed by atoms with Crippen LogP contribution in [0.15, 0.2) is 85.5 Å². The second kappa shape index (κ2) is 9.93. The maximum atomic E-state index is 12.4. The van der Waals surface area contributed by atoms with Crippen molar-refractivity contribution in [3.8, 4) is 17.2 Å². The van der Waals surface area contributed by atoms with E-state index in [-0.39, 0.29) is 11.8 Å². The predicted octanol–water partition coefficient (Wildman–Crippen LogP) is 4.54. The van der Waals surface area contributed by atoms with Crippen molar-refractivity contribution >= 4 is 17.5 Å². The minimum absolute atomic E-state index is 0.224. The summed E-state index contributed by atoms with van der Waals surface area (Å²) >= 11 is 0. The molecule has 0 saturated carbocycles. The summed E-state index contributed by atoms with van der Waals surface area (Å²) in [6, 6.07) is 21.4. The fraction of sp³-hybridized carbons (Fsp3) is 0.0833. The van der Waals surface area contributed by atoms with Crippen molar-refractivity contribution in [2.45, 2.75) is 6.54 Å². The number of benzene rings is 3. The van der Waals surface area contributed by atoms with E-state index in [2.05, 4.69) is 17.2 Å². The Morgan fingerprint density at radius 3 is 2.30 bits per heavy atom. The first kappa shape index (κ1) is 20.7. The average molecular weight is 402 g/mol. The molecule has 0 bridgehead atoms. The van der Waals surface area contributed by atoms with Crippen LogP contribution >= 0.6 is 0 Å². The van der Waals surface area contributed by atoms with Gasteiger partial charge in [-0.05, 0) is 60.2 Å². The van der Waals surface area contributed by atoms with Gasteiger partial charge in [0.2, 0.25) is 5.91 Å². The minimum atomic E-state index is -0.240. The molecule has 2 N–H and O–H groups in total. The van der Waals surface area contributed by atoms with Gasteiger partial charge in [-0.25, -0.2) is 0 Å². The van der Waals surface area contributed by atoms with E-state index in [1.165, 1.54) is 6.08 Å². The molecule has 152 valence electrons. The molecule has 0 aliphatic heterocycles. The van der Waals surface area contributed by atoms with Crippen LogP contribution in [0.5, 0.6) is 17.2 Å². The van der Waals surface area contributed by atoms with Gasteiger partial charge in [0.05, 0.1) is 7.11 Å². The Morgan fingerprint density at radius 2 is 1.63 bits per heavy atom. The van der Waals surface area contributed by atoms with Gasteiger partial charge in [0, 0.05) is 23.9 Å². The van der Waals surface area contributed by atoms with Gasteiger partial charge in [-0.15, -0.1) is 0 Å². The van der Waals surface area contributed by atoms with Crippen molar-refractivity contribution in [1.82, 2.24) is 5.32 Å². The molecule has 3 rings (SSSR count). The average Bonchev–Trinajstić information content (AvgIpc) is 2.79. The van der Waals surface area contributed by atoms with Gasteiger partial charge in [0.15, 0.2) is 0 Å². The Bertz CT molecular complexity index is 1030. The summed E-state index contributed by atoms with van der Waals surface area (Å²) in [6.07, 6.45) is 1.22. The Hall–Kier alpha value is -4.06. The number of nitrogens with one attached hydrogen (secondary N) is 2. The Balaban J connectivity index is 1.57. The van der Waals surface area contributed by atoms with Gasteiger partial charge in [0.1, 0.15) is 17.2 Å². The van der Waals surface area contributed by atoms with E-state index in [1.54, 1.807) is 61.7 Å². The summed E-state index contributed by atoms with van der Waals surface area (Å²) in [5, 5.41) is 5.54. The number of hydrogen-bond donors (Lipinski definition) is 2. The van der Waals surface area contributed by atoms with E-state index in [0.717, 1.165) is 5.56 Å². The molecule has 2 amide bonds. The lowest BCUT2D eigenvalue weighted by Crippen LogP contribution is -2.20. The third-order valence-corrected chi connectivity index (χ3v) is 4.26. The van der Waals surface area contributed by atoms with Crippen molar-refractivity contribution in [3.05, 3.63) is 96.6 Å². The van der Waals surface area contributed by atoms with Gasteiger partial charge >= 0.3 is 0 Å². The molecular formula is C24H22N2O4. The second-order valence-corrected chi connectivity index (χ2v) is 6.38. The second-order valence-electron chi connectivity index (χ2n) is 6.38. The van der Waals surface area contributed by atoms with E-state index in [1.807, 2.05) is 18.2 Å². The molecule has 6 nitrogen and oxygen atoms in total. The SMILES string of the molecule is C=CC(=O)NCc1ccc(C(=O)Nc2ccc(Oc3cccc(OC)c3)cc2)cc1. The summed E-state index contributed by atoms with van der Waals surface area (Å²) in [5.74, 6) is 1.56. The monoisotopic (exact) mass is 402 g/mol. The molecular weight excluding hydrogens is 380 g/mol. The lowest BCUT2D eigenvalue weighted by molar-refractivity contribution is -0.116. The van der Waals surface area contributed by atoms with Crippen LogP contribution in [0.3, 0.4) is 0 Å². The minimum Gasteiger partial charge on any atom is -0.497 e. The van der Waals surface area contributed by atoms with Crippen molar-refractivity contribution < 1.29 is 19.1 Å². The zero-order chi connectivity index (χ0) is 21.3. The van der Waals surface area contributed by atoms with Crippen LogP contribution in [0.1, 0.15) is 15.9 Å². The molecule has 0 saturated heterocycles. The molecule has 0 atom stereocenters. The third kappa shape index (κ3) is 5.72. The maximum Gasteiger partial charge on any atom is 0.255 e. The van der Waals surface area contributed by atoms with Gasteiger partial charge in [-0.1, -0.05) is 24.8 Å². The highest BCUT2D eigenvalue weighted by atomic mass is 16.5. The molecule has 0 spiro atoms. The summed E-state index contributed by atoms with van der Waals surface area (Å²) in [6.45, 7) is 3.78. The van der Waals surface area contributed by atoms with Crippen LogP contribution in [-0.2, 0) is 11.3 Å². The molecule has 0 unspecified atom stereocenters. The first-order chi connectivity index (χ1) is 14.6. The largest absolute Gasteiger partial charge is 0.497 e. The molecule has 3 aromatic rings. The molecule has 6 heteroatoms. The van der Waals surface area contributed by atoms with Crippen LogP contribution in [-0.4, -0.2) is 18.9 Å². The van der Waals surface area contributed by atoms with E-state index in [0.29, 0.717) is 35.0 Å². The number of carbonyl (C=O) groups excluding carboxylic acids is 2. The lowest BCUT2D eigenvalue weighted by atomic mass is 10.1. The van der Waals surface area contributed by atoms with Gasteiger partial charge in [-0.2, -0.15) is 0 Å². The molecule has 30 heavy (non-hydrogen) atoms. The normalized spacial score (nSPS) is 10.0. The van der Waals surface area contributed by atoms with Crippen molar-refractivity contribution in [3.63, 3.8) is 0 Å². The summed E-state index contributed by atoms with van der Waals surface area (Å²) in [5.41, 5.74) is 2.06. The van der Waals surface area contributed by atoms with Gasteiger partial charge in [0.25, 0.3) is 5.91 Å². The highest BCUT2D eigenvalue weighted by molar-refractivity contribution is 6.04. The highest BCUT2D eigenvalue weighted by Crippen LogP contribution is 2.26. The summed E-state index contributed by atoms with van der Waals surface area (Å²) < 4.78 is 11.0. The summed E-state index contributed by atoms with van der Waals surface area (Å²) in [4.78, 5) is 23.7. The van der Waals surface area contributed by atoms with Gasteiger partial charge < -0.3 is 20.1 Å². The van der Waals surface area contributed by atoms with Crippen molar-refractivity contribution in [2.24, 2.45) is 0 Å². The molecule has 0 aliphatic rings. The van der Waals surface area contributed by atoms with Crippen LogP contribution in [0.2, 0.25) is 0 Å². The van der Waals surface area contributed by atoms with Crippen LogP contribution in [0.4, 0.5) is 5.69 Å². The lowest BCUT2D eigenvalue weighted by Gasteiger charge is -2.09. The standard InChI is InChI=1S/C24H22N2O4/c1-3-23(27)25-16-17-7-9-18(10-8-17)24(28)26-19-11-13-20(14-12-19)30-22-6-4-5-21(15-22)29-2/h3-15H,1,16H2,2H3,(H,25,27)(H,26,28). The van der Waals surface area contributed by atoms with Crippen LogP contribution in [0, 0.1) is 0 Å². The molecule has 0 fully saturated rings. The number of rotatable bonds is 8. The van der Waals surface area contributed by atoms with E-state index < -0.39 is 0 Å². The molecule has 3 aromatic carbocycles. The maximum absolute atomic E-state index is 12.4. The molecule has 0 aliphatic carbocycles. The highest BCUT2D eigenvalue weighted by Gasteiger charge is 2.07. The predicted molar refractivity (Wildman–Crippen MR) is 116 cm³/mol. The fourth-order valence-corrected chi connectivity index (χ4v) is 2.65. The van der Waals surface area contributed by atoms with Crippen LogP contribution in [0.25, 0.3) is 0 Å². The Kier molecular flexibility index (Phi) is 6.84. The number of methoxy groups -OCH3 is 1. The zero-order valence-electron chi connectivity index (χ0n) is 16.6. The Labute approximate surface area is 175 Å². The Morgan fingerprint density at radius 1 is 0.933 bits per heavy atom. The number of anilines is 1. The molecule has 0 heterocycles. The number of carbonyl (C=O) groups is 2. The van der Waals surface area contributed by atoms with Crippen molar-refractivity contribution in [1.29, 1.82) is 0 Å². The van der Waals surface area contributed by atoms with E-state index >= 15 is 0 Å².